The Morgan fingerprint density at radius 3 is 2.64 bits per heavy atom. The van der Waals surface area contributed by atoms with E-state index in [1.165, 1.54) is 32.1 Å². The first-order valence-electron chi connectivity index (χ1n) is 9.02. The molecule has 1 aromatic carbocycles. The Kier molecular flexibility index (Phi) is 5.88. The molecule has 1 amide bonds. The molecule has 25 heavy (non-hydrogen) atoms. The molecule has 0 bridgehead atoms. The fourth-order valence-corrected chi connectivity index (χ4v) is 3.19. The quantitative estimate of drug-likeness (QED) is 0.814. The van der Waals surface area contributed by atoms with E-state index in [2.05, 4.69) is 15.6 Å². The van der Waals surface area contributed by atoms with Crippen LogP contribution in [0.5, 0.6) is 5.88 Å². The maximum Gasteiger partial charge on any atom is 0.261 e. The second kappa shape index (κ2) is 8.51. The molecule has 132 valence electrons. The van der Waals surface area contributed by atoms with Crippen LogP contribution >= 0.6 is 0 Å². The number of rotatable bonds is 6. The molecule has 0 atom stereocenters. The van der Waals surface area contributed by atoms with Crippen molar-refractivity contribution in [2.24, 2.45) is 0 Å². The summed E-state index contributed by atoms with van der Waals surface area (Å²) in [7, 11) is 0. The first kappa shape index (κ1) is 17.3. The maximum absolute atomic E-state index is 12.7. The molecule has 1 heterocycles. The van der Waals surface area contributed by atoms with Gasteiger partial charge in [-0.2, -0.15) is 0 Å². The van der Waals surface area contributed by atoms with Crippen LogP contribution in [0.25, 0.3) is 0 Å². The van der Waals surface area contributed by atoms with Gasteiger partial charge in [-0.25, -0.2) is 4.98 Å². The lowest BCUT2D eigenvalue weighted by Gasteiger charge is -2.25. The molecular formula is C20H25N3O2. The average molecular weight is 339 g/mol. The first-order chi connectivity index (χ1) is 12.3. The van der Waals surface area contributed by atoms with Crippen molar-refractivity contribution in [2.45, 2.75) is 45.1 Å². The summed E-state index contributed by atoms with van der Waals surface area (Å²) in [5, 5.41) is 6.58. The molecule has 0 unspecified atom stereocenters. The Hall–Kier alpha value is -2.56. The van der Waals surface area contributed by atoms with Crippen molar-refractivity contribution >= 4 is 17.3 Å². The van der Waals surface area contributed by atoms with Crippen LogP contribution in [0.2, 0.25) is 0 Å². The zero-order chi connectivity index (χ0) is 17.5. The normalized spacial score (nSPS) is 14.8. The van der Waals surface area contributed by atoms with Gasteiger partial charge >= 0.3 is 0 Å². The fraction of sp³-hybridized carbons (Fsp3) is 0.400. The van der Waals surface area contributed by atoms with Crippen molar-refractivity contribution in [3.63, 3.8) is 0 Å². The van der Waals surface area contributed by atoms with Crippen molar-refractivity contribution in [2.75, 3.05) is 17.2 Å². The predicted molar refractivity (Wildman–Crippen MR) is 100 cm³/mol. The Morgan fingerprint density at radius 1 is 1.12 bits per heavy atom. The summed E-state index contributed by atoms with van der Waals surface area (Å²) in [6.45, 7) is 2.34. The van der Waals surface area contributed by atoms with E-state index in [9.17, 15) is 4.79 Å². The molecule has 5 nitrogen and oxygen atoms in total. The summed E-state index contributed by atoms with van der Waals surface area (Å²) in [6.07, 6.45) is 7.83. The molecule has 2 aromatic rings. The predicted octanol–water partition coefficient (Wildman–Crippen LogP) is 4.48. The lowest BCUT2D eigenvalue weighted by Crippen LogP contribution is -2.23. The van der Waals surface area contributed by atoms with Crippen LogP contribution in [0.4, 0.5) is 11.4 Å². The number of pyridine rings is 1. The number of aromatic nitrogens is 1. The van der Waals surface area contributed by atoms with Gasteiger partial charge in [0.25, 0.3) is 5.91 Å². The summed E-state index contributed by atoms with van der Waals surface area (Å²) in [5.41, 5.74) is 2.19. The molecule has 3 rings (SSSR count). The topological polar surface area (TPSA) is 63.2 Å². The Balaban J connectivity index is 1.75. The molecule has 1 saturated carbocycles. The number of ether oxygens (including phenoxy) is 1. The van der Waals surface area contributed by atoms with Crippen LogP contribution in [-0.2, 0) is 0 Å². The second-order valence-corrected chi connectivity index (χ2v) is 6.27. The number of benzene rings is 1. The van der Waals surface area contributed by atoms with E-state index in [1.807, 2.05) is 31.2 Å². The zero-order valence-corrected chi connectivity index (χ0v) is 14.6. The molecule has 1 aromatic heterocycles. The maximum atomic E-state index is 12.7. The van der Waals surface area contributed by atoms with Gasteiger partial charge in [-0.15, -0.1) is 0 Å². The van der Waals surface area contributed by atoms with Crippen LogP contribution < -0.4 is 15.4 Å². The molecule has 0 radical (unpaired) electrons. The number of hydrogen-bond acceptors (Lipinski definition) is 4. The standard InChI is InChI=1S/C20H25N3O2/c1-2-25-20-16(11-8-14-21-20)19(24)23-18-13-7-6-12-17(18)22-15-9-4-3-5-10-15/h6-8,11-15,22H,2-5,9-10H2,1H3,(H,23,24). The van der Waals surface area contributed by atoms with E-state index in [0.717, 1.165) is 11.4 Å². The molecule has 5 heteroatoms. The molecule has 0 saturated heterocycles. The highest BCUT2D eigenvalue weighted by Gasteiger charge is 2.17. The van der Waals surface area contributed by atoms with Crippen molar-refractivity contribution in [3.8, 4) is 5.88 Å². The third-order valence-corrected chi connectivity index (χ3v) is 4.44. The van der Waals surface area contributed by atoms with Gasteiger partial charge < -0.3 is 15.4 Å². The molecule has 0 aliphatic heterocycles. The number of anilines is 2. The highest BCUT2D eigenvalue weighted by Crippen LogP contribution is 2.27. The Labute approximate surface area is 148 Å². The smallest absolute Gasteiger partial charge is 0.261 e. The van der Waals surface area contributed by atoms with Crippen LogP contribution in [0, 0.1) is 0 Å². The van der Waals surface area contributed by atoms with Gasteiger partial charge in [0.05, 0.1) is 18.0 Å². The highest BCUT2D eigenvalue weighted by molar-refractivity contribution is 6.07. The van der Waals surface area contributed by atoms with Crippen LogP contribution in [0.3, 0.4) is 0 Å². The monoisotopic (exact) mass is 339 g/mol. The van der Waals surface area contributed by atoms with Gasteiger partial charge in [-0.1, -0.05) is 31.4 Å². The molecule has 0 spiro atoms. The summed E-state index contributed by atoms with van der Waals surface area (Å²) < 4.78 is 5.46. The number of carbonyl (C=O) groups excluding carboxylic acids is 1. The lowest BCUT2D eigenvalue weighted by molar-refractivity contribution is 0.102. The number of nitrogens with zero attached hydrogens (tertiary/aromatic N) is 1. The molecular weight excluding hydrogens is 314 g/mol. The number of para-hydroxylation sites is 2. The van der Waals surface area contributed by atoms with E-state index in [-0.39, 0.29) is 5.91 Å². The van der Waals surface area contributed by atoms with E-state index in [1.54, 1.807) is 18.3 Å². The molecule has 1 aliphatic carbocycles. The third-order valence-electron chi connectivity index (χ3n) is 4.44. The van der Waals surface area contributed by atoms with Crippen LogP contribution in [0.15, 0.2) is 42.6 Å². The summed E-state index contributed by atoms with van der Waals surface area (Å²) >= 11 is 0. The number of nitrogens with one attached hydrogen (secondary N) is 2. The van der Waals surface area contributed by atoms with Crippen molar-refractivity contribution in [1.82, 2.24) is 4.98 Å². The average Bonchev–Trinajstić information content (AvgIpc) is 2.65. The molecule has 2 N–H and O–H groups in total. The second-order valence-electron chi connectivity index (χ2n) is 6.27. The fourth-order valence-electron chi connectivity index (χ4n) is 3.19. The van der Waals surface area contributed by atoms with Crippen LogP contribution in [0.1, 0.15) is 49.4 Å². The molecule has 1 aliphatic rings. The van der Waals surface area contributed by atoms with Gasteiger partial charge in [0.2, 0.25) is 5.88 Å². The minimum Gasteiger partial charge on any atom is -0.477 e. The summed E-state index contributed by atoms with van der Waals surface area (Å²) in [6, 6.07) is 11.8. The Morgan fingerprint density at radius 2 is 1.88 bits per heavy atom. The number of hydrogen-bond donors (Lipinski definition) is 2. The van der Waals surface area contributed by atoms with Crippen molar-refractivity contribution in [3.05, 3.63) is 48.2 Å². The van der Waals surface area contributed by atoms with Gasteiger partial charge in [0, 0.05) is 12.2 Å². The van der Waals surface area contributed by atoms with Gasteiger partial charge in [-0.3, -0.25) is 4.79 Å². The first-order valence-corrected chi connectivity index (χ1v) is 9.02. The lowest BCUT2D eigenvalue weighted by atomic mass is 9.95. The van der Waals surface area contributed by atoms with Gasteiger partial charge in [-0.05, 0) is 44.0 Å². The highest BCUT2D eigenvalue weighted by atomic mass is 16.5. The van der Waals surface area contributed by atoms with E-state index < -0.39 is 0 Å². The van der Waals surface area contributed by atoms with Crippen molar-refractivity contribution < 1.29 is 9.53 Å². The zero-order valence-electron chi connectivity index (χ0n) is 14.6. The van der Waals surface area contributed by atoms with E-state index >= 15 is 0 Å². The van der Waals surface area contributed by atoms with Crippen LogP contribution in [-0.4, -0.2) is 23.5 Å². The number of amides is 1. The SMILES string of the molecule is CCOc1ncccc1C(=O)Nc1ccccc1NC1CCCCC1. The van der Waals surface area contributed by atoms with Gasteiger partial charge in [0.1, 0.15) is 5.56 Å². The van der Waals surface area contributed by atoms with E-state index in [4.69, 9.17) is 4.74 Å². The van der Waals surface area contributed by atoms with Crippen molar-refractivity contribution in [1.29, 1.82) is 0 Å². The van der Waals surface area contributed by atoms with E-state index in [0.29, 0.717) is 24.1 Å². The van der Waals surface area contributed by atoms with Gasteiger partial charge in [0.15, 0.2) is 0 Å². The Bertz CT molecular complexity index is 712. The minimum absolute atomic E-state index is 0.213. The summed E-state index contributed by atoms with van der Waals surface area (Å²) in [5.74, 6) is 0.148. The largest absolute Gasteiger partial charge is 0.477 e. The third kappa shape index (κ3) is 4.50. The molecule has 1 fully saturated rings. The summed E-state index contributed by atoms with van der Waals surface area (Å²) in [4.78, 5) is 16.8. The number of carbonyl (C=O) groups is 1. The minimum atomic E-state index is -0.213.